The molecule has 17 heavy (non-hydrogen) atoms. The highest BCUT2D eigenvalue weighted by Crippen LogP contribution is 2.30. The number of aliphatic hydroxyl groups is 1. The predicted molar refractivity (Wildman–Crippen MR) is 71.6 cm³/mol. The summed E-state index contributed by atoms with van der Waals surface area (Å²) in [5, 5.41) is 12.0. The summed E-state index contributed by atoms with van der Waals surface area (Å²) in [7, 11) is 0. The Morgan fingerprint density at radius 2 is 1.76 bits per heavy atom. The fraction of sp³-hybridized carbons (Fsp3) is 0.0625. The van der Waals surface area contributed by atoms with Crippen LogP contribution < -0.4 is 0 Å². The van der Waals surface area contributed by atoms with Crippen LogP contribution in [0.4, 0.5) is 0 Å². The first-order valence-electron chi connectivity index (χ1n) is 5.77. The SMILES string of the molecule is OC1=CC[CH]C(c2cccc3ccccc23)=C1. The molecular weight excluding hydrogens is 208 g/mol. The first-order chi connectivity index (χ1) is 8.34. The van der Waals surface area contributed by atoms with E-state index in [2.05, 4.69) is 36.8 Å². The van der Waals surface area contributed by atoms with Crippen LogP contribution in [-0.4, -0.2) is 5.11 Å². The van der Waals surface area contributed by atoms with Gasteiger partial charge in [-0.3, -0.25) is 0 Å². The minimum absolute atomic E-state index is 0.357. The number of hydrogen-bond acceptors (Lipinski definition) is 1. The van der Waals surface area contributed by atoms with E-state index in [0.29, 0.717) is 5.76 Å². The molecule has 1 N–H and O–H groups in total. The van der Waals surface area contributed by atoms with Crippen LogP contribution in [0.15, 0.2) is 60.4 Å². The Morgan fingerprint density at radius 3 is 2.65 bits per heavy atom. The molecule has 0 saturated carbocycles. The lowest BCUT2D eigenvalue weighted by atomic mass is 9.92. The monoisotopic (exact) mass is 221 g/mol. The van der Waals surface area contributed by atoms with Crippen molar-refractivity contribution in [1.29, 1.82) is 0 Å². The lowest BCUT2D eigenvalue weighted by Crippen LogP contribution is -1.93. The molecule has 83 valence electrons. The van der Waals surface area contributed by atoms with Gasteiger partial charge in [-0.25, -0.2) is 0 Å². The number of benzene rings is 2. The van der Waals surface area contributed by atoms with Gasteiger partial charge in [-0.1, -0.05) is 42.5 Å². The molecule has 0 bridgehead atoms. The maximum Gasteiger partial charge on any atom is 0.111 e. The lowest BCUT2D eigenvalue weighted by Gasteiger charge is -2.13. The van der Waals surface area contributed by atoms with E-state index >= 15 is 0 Å². The van der Waals surface area contributed by atoms with Crippen molar-refractivity contribution in [3.8, 4) is 0 Å². The Hall–Kier alpha value is -2.02. The van der Waals surface area contributed by atoms with Crippen molar-refractivity contribution in [1.82, 2.24) is 0 Å². The zero-order valence-electron chi connectivity index (χ0n) is 9.43. The van der Waals surface area contributed by atoms with Gasteiger partial charge in [-0.15, -0.1) is 0 Å². The lowest BCUT2D eigenvalue weighted by molar-refractivity contribution is 0.429. The van der Waals surface area contributed by atoms with Crippen molar-refractivity contribution in [3.05, 3.63) is 72.4 Å². The average Bonchev–Trinajstić information content (AvgIpc) is 2.38. The van der Waals surface area contributed by atoms with Crippen LogP contribution in [0, 0.1) is 6.42 Å². The molecule has 0 amide bonds. The molecule has 1 heteroatoms. The number of aliphatic hydroxyl groups excluding tert-OH is 1. The molecule has 0 aliphatic heterocycles. The molecule has 1 radical (unpaired) electrons. The average molecular weight is 221 g/mol. The summed E-state index contributed by atoms with van der Waals surface area (Å²) in [6.45, 7) is 0. The predicted octanol–water partition coefficient (Wildman–Crippen LogP) is 4.27. The van der Waals surface area contributed by atoms with E-state index in [-0.39, 0.29) is 0 Å². The molecule has 2 aromatic rings. The highest BCUT2D eigenvalue weighted by Gasteiger charge is 2.09. The van der Waals surface area contributed by atoms with Crippen LogP contribution in [0.2, 0.25) is 0 Å². The van der Waals surface area contributed by atoms with Gasteiger partial charge >= 0.3 is 0 Å². The molecule has 0 saturated heterocycles. The minimum Gasteiger partial charge on any atom is -0.508 e. The molecule has 0 fully saturated rings. The Kier molecular flexibility index (Phi) is 2.45. The van der Waals surface area contributed by atoms with E-state index in [0.717, 1.165) is 12.0 Å². The van der Waals surface area contributed by atoms with Crippen LogP contribution in [0.3, 0.4) is 0 Å². The second kappa shape index (κ2) is 4.10. The van der Waals surface area contributed by atoms with Crippen molar-refractivity contribution in [3.63, 3.8) is 0 Å². The zero-order valence-corrected chi connectivity index (χ0v) is 9.43. The molecule has 2 aromatic carbocycles. The quantitative estimate of drug-likeness (QED) is 0.762. The van der Waals surface area contributed by atoms with Gasteiger partial charge in [0.05, 0.1) is 0 Å². The Morgan fingerprint density at radius 1 is 0.941 bits per heavy atom. The van der Waals surface area contributed by atoms with Gasteiger partial charge in [0.25, 0.3) is 0 Å². The Labute approximate surface area is 101 Å². The minimum atomic E-state index is 0.357. The van der Waals surface area contributed by atoms with E-state index < -0.39 is 0 Å². The van der Waals surface area contributed by atoms with Crippen molar-refractivity contribution in [2.75, 3.05) is 0 Å². The van der Waals surface area contributed by atoms with Gasteiger partial charge in [0.15, 0.2) is 0 Å². The molecule has 0 spiro atoms. The standard InChI is InChI=1S/C16H13O/c17-14-8-3-7-13(11-14)16-10-4-6-12-5-1-2-9-15(12)16/h1-2,4-11,17H,3H2. The molecule has 1 aliphatic rings. The summed E-state index contributed by atoms with van der Waals surface area (Å²) in [6.07, 6.45) is 6.57. The van der Waals surface area contributed by atoms with Crippen LogP contribution in [0.1, 0.15) is 12.0 Å². The first-order valence-corrected chi connectivity index (χ1v) is 5.77. The molecular formula is C16H13O. The van der Waals surface area contributed by atoms with E-state index in [1.54, 1.807) is 0 Å². The van der Waals surface area contributed by atoms with Crippen molar-refractivity contribution in [2.45, 2.75) is 6.42 Å². The molecule has 0 aromatic heterocycles. The van der Waals surface area contributed by atoms with Gasteiger partial charge in [-0.2, -0.15) is 0 Å². The molecule has 0 atom stereocenters. The summed E-state index contributed by atoms with van der Waals surface area (Å²) in [5.41, 5.74) is 2.28. The number of rotatable bonds is 1. The summed E-state index contributed by atoms with van der Waals surface area (Å²) in [6, 6.07) is 14.6. The summed E-state index contributed by atoms with van der Waals surface area (Å²) < 4.78 is 0. The van der Waals surface area contributed by atoms with E-state index in [1.807, 2.05) is 24.3 Å². The summed E-state index contributed by atoms with van der Waals surface area (Å²) in [5.74, 6) is 0.357. The van der Waals surface area contributed by atoms with E-state index in [4.69, 9.17) is 0 Å². The number of hydrogen-bond donors (Lipinski definition) is 1. The number of fused-ring (bicyclic) bond motifs is 1. The van der Waals surface area contributed by atoms with Gasteiger partial charge < -0.3 is 5.11 Å². The fourth-order valence-corrected chi connectivity index (χ4v) is 2.25. The fourth-order valence-electron chi connectivity index (χ4n) is 2.25. The maximum absolute atomic E-state index is 9.58. The molecule has 1 nitrogen and oxygen atoms in total. The van der Waals surface area contributed by atoms with Gasteiger partial charge in [0, 0.05) is 0 Å². The van der Waals surface area contributed by atoms with Crippen molar-refractivity contribution in [2.24, 2.45) is 0 Å². The van der Waals surface area contributed by atoms with Crippen molar-refractivity contribution < 1.29 is 5.11 Å². The third-order valence-corrected chi connectivity index (χ3v) is 3.07. The normalized spacial score (nSPS) is 15.5. The Bertz CT molecular complexity index is 615. The third-order valence-electron chi connectivity index (χ3n) is 3.07. The molecule has 0 unspecified atom stereocenters. The topological polar surface area (TPSA) is 20.2 Å². The first kappa shape index (κ1) is 10.2. The largest absolute Gasteiger partial charge is 0.508 e. The molecule has 0 heterocycles. The van der Waals surface area contributed by atoms with Crippen molar-refractivity contribution >= 4 is 16.3 Å². The number of allylic oxidation sites excluding steroid dienone is 3. The van der Waals surface area contributed by atoms with E-state index in [1.165, 1.54) is 16.3 Å². The second-order valence-electron chi connectivity index (χ2n) is 4.20. The summed E-state index contributed by atoms with van der Waals surface area (Å²) >= 11 is 0. The van der Waals surface area contributed by atoms with Gasteiger partial charge in [0.1, 0.15) is 5.76 Å². The third kappa shape index (κ3) is 1.84. The van der Waals surface area contributed by atoms with Crippen LogP contribution >= 0.6 is 0 Å². The highest BCUT2D eigenvalue weighted by molar-refractivity contribution is 5.96. The maximum atomic E-state index is 9.58. The van der Waals surface area contributed by atoms with Gasteiger partial charge in [-0.05, 0) is 46.9 Å². The zero-order chi connectivity index (χ0) is 11.7. The molecule has 1 aliphatic carbocycles. The molecule has 3 rings (SSSR count). The Balaban J connectivity index is 2.21. The summed E-state index contributed by atoms with van der Waals surface area (Å²) in [4.78, 5) is 0. The second-order valence-corrected chi connectivity index (χ2v) is 4.20. The van der Waals surface area contributed by atoms with Crippen LogP contribution in [0.5, 0.6) is 0 Å². The van der Waals surface area contributed by atoms with Crippen LogP contribution in [-0.2, 0) is 0 Å². The van der Waals surface area contributed by atoms with Gasteiger partial charge in [0.2, 0.25) is 0 Å². The van der Waals surface area contributed by atoms with Crippen LogP contribution in [0.25, 0.3) is 16.3 Å². The smallest absolute Gasteiger partial charge is 0.111 e. The highest BCUT2D eigenvalue weighted by atomic mass is 16.3. The van der Waals surface area contributed by atoms with E-state index in [9.17, 15) is 5.11 Å².